The van der Waals surface area contributed by atoms with E-state index in [2.05, 4.69) is 10.6 Å². The lowest BCUT2D eigenvalue weighted by Crippen LogP contribution is -3.11. The van der Waals surface area contributed by atoms with Crippen LogP contribution >= 0.6 is 0 Å². The first-order chi connectivity index (χ1) is 13.1. The highest BCUT2D eigenvalue weighted by Crippen LogP contribution is 2.34. The number of hydrogen-bond donors (Lipinski definition) is 3. The number of carbonyl (C=O) groups is 2. The molecule has 28 heavy (non-hydrogen) atoms. The molecule has 0 saturated carbocycles. The molecule has 0 aliphatic rings. The summed E-state index contributed by atoms with van der Waals surface area (Å²) >= 11 is 0. The number of anilines is 2. The minimum atomic E-state index is -4.59. The molecular formula is C19H20F4N3O2+. The molecule has 5 nitrogen and oxygen atoms in total. The van der Waals surface area contributed by atoms with Gasteiger partial charge < -0.3 is 15.5 Å². The molecule has 2 aromatic rings. The normalized spacial score (nSPS) is 12.4. The van der Waals surface area contributed by atoms with Gasteiger partial charge in [0.05, 0.1) is 18.3 Å². The smallest absolute Gasteiger partial charge is 0.322 e. The van der Waals surface area contributed by atoms with Crippen LogP contribution in [0, 0.1) is 12.7 Å². The van der Waals surface area contributed by atoms with Crippen LogP contribution < -0.4 is 15.5 Å². The van der Waals surface area contributed by atoms with E-state index in [9.17, 15) is 27.2 Å². The molecule has 150 valence electrons. The van der Waals surface area contributed by atoms with E-state index in [1.165, 1.54) is 24.3 Å². The number of alkyl halides is 3. The molecule has 3 N–H and O–H groups in total. The summed E-state index contributed by atoms with van der Waals surface area (Å²) in [5, 5.41) is 4.74. The largest absolute Gasteiger partial charge is 0.418 e. The van der Waals surface area contributed by atoms with Crippen molar-refractivity contribution in [2.75, 3.05) is 30.8 Å². The van der Waals surface area contributed by atoms with Crippen molar-refractivity contribution in [2.24, 2.45) is 0 Å². The van der Waals surface area contributed by atoms with Crippen LogP contribution in [0.25, 0.3) is 0 Å². The van der Waals surface area contributed by atoms with E-state index < -0.39 is 29.4 Å². The number of benzene rings is 2. The number of likely N-dealkylation sites (N-methyl/N-ethyl adjacent to an activating group) is 1. The van der Waals surface area contributed by atoms with Crippen LogP contribution in [0.4, 0.5) is 28.9 Å². The SMILES string of the molecule is Cc1ccc(NC(=O)C[NH+](C)CC(=O)Nc2ccccc2C(F)(F)F)cc1F. The quantitative estimate of drug-likeness (QED) is 0.654. The van der Waals surface area contributed by atoms with E-state index in [1.807, 2.05) is 0 Å². The number of quaternary nitrogens is 1. The molecule has 0 bridgehead atoms. The van der Waals surface area contributed by atoms with Crippen molar-refractivity contribution in [3.63, 3.8) is 0 Å². The first kappa shape index (κ1) is 21.4. The number of halogens is 4. The third-order valence-electron chi connectivity index (χ3n) is 3.89. The van der Waals surface area contributed by atoms with Crippen molar-refractivity contribution in [2.45, 2.75) is 13.1 Å². The molecule has 0 saturated heterocycles. The monoisotopic (exact) mass is 398 g/mol. The molecule has 0 radical (unpaired) electrons. The second kappa shape index (κ2) is 8.83. The fraction of sp³-hybridized carbons (Fsp3) is 0.263. The summed E-state index contributed by atoms with van der Waals surface area (Å²) in [6.45, 7) is 1.25. The zero-order valence-electron chi connectivity index (χ0n) is 15.3. The Labute approximate surface area is 159 Å². The Bertz CT molecular complexity index is 868. The van der Waals surface area contributed by atoms with Crippen LogP contribution in [0.2, 0.25) is 0 Å². The average Bonchev–Trinajstić information content (AvgIpc) is 2.57. The van der Waals surface area contributed by atoms with Crippen molar-refractivity contribution in [3.05, 3.63) is 59.4 Å². The summed E-state index contributed by atoms with van der Waals surface area (Å²) in [4.78, 5) is 24.5. The second-order valence-corrected chi connectivity index (χ2v) is 6.41. The molecule has 9 heteroatoms. The summed E-state index contributed by atoms with van der Waals surface area (Å²) in [5.41, 5.74) is -0.562. The Kier molecular flexibility index (Phi) is 6.74. The zero-order chi connectivity index (χ0) is 20.9. The Morgan fingerprint density at radius 2 is 1.61 bits per heavy atom. The summed E-state index contributed by atoms with van der Waals surface area (Å²) in [6.07, 6.45) is -4.59. The van der Waals surface area contributed by atoms with Gasteiger partial charge in [-0.1, -0.05) is 18.2 Å². The van der Waals surface area contributed by atoms with Crippen molar-refractivity contribution in [1.29, 1.82) is 0 Å². The standard InChI is InChI=1S/C19H19F4N3O2/c1-12-7-8-13(9-15(12)20)24-17(27)10-26(2)11-18(28)25-16-6-4-3-5-14(16)19(21,22)23/h3-9H,10-11H2,1-2H3,(H,24,27)(H,25,28)/p+1. The van der Waals surface area contributed by atoms with Crippen LogP contribution in [-0.4, -0.2) is 32.0 Å². The van der Waals surface area contributed by atoms with Gasteiger partial charge in [-0.3, -0.25) is 9.59 Å². The third kappa shape index (κ3) is 6.05. The zero-order valence-corrected chi connectivity index (χ0v) is 15.3. The van der Waals surface area contributed by atoms with Crippen molar-refractivity contribution in [1.82, 2.24) is 0 Å². The first-order valence-electron chi connectivity index (χ1n) is 8.39. The molecule has 0 aromatic heterocycles. The lowest BCUT2D eigenvalue weighted by molar-refractivity contribution is -0.862. The van der Waals surface area contributed by atoms with Crippen LogP contribution in [-0.2, 0) is 15.8 Å². The molecule has 1 unspecified atom stereocenters. The van der Waals surface area contributed by atoms with E-state index >= 15 is 0 Å². The highest BCUT2D eigenvalue weighted by atomic mass is 19.4. The molecule has 0 heterocycles. The maximum atomic E-state index is 13.5. The number of para-hydroxylation sites is 1. The average molecular weight is 398 g/mol. The topological polar surface area (TPSA) is 62.6 Å². The minimum Gasteiger partial charge on any atom is -0.322 e. The molecule has 2 aromatic carbocycles. The lowest BCUT2D eigenvalue weighted by atomic mass is 10.1. The number of rotatable bonds is 6. The Morgan fingerprint density at radius 1 is 1.00 bits per heavy atom. The molecule has 2 rings (SSSR count). The summed E-state index contributed by atoms with van der Waals surface area (Å²) < 4.78 is 52.4. The number of amides is 2. The minimum absolute atomic E-state index is 0.121. The van der Waals surface area contributed by atoms with E-state index in [1.54, 1.807) is 20.0 Å². The van der Waals surface area contributed by atoms with Gasteiger partial charge in [0.1, 0.15) is 5.82 Å². The van der Waals surface area contributed by atoms with Gasteiger partial charge in [-0.15, -0.1) is 0 Å². The molecule has 0 aliphatic carbocycles. The highest BCUT2D eigenvalue weighted by molar-refractivity contribution is 5.93. The molecule has 0 spiro atoms. The van der Waals surface area contributed by atoms with Crippen molar-refractivity contribution < 1.29 is 32.1 Å². The first-order valence-corrected chi connectivity index (χ1v) is 8.39. The van der Waals surface area contributed by atoms with E-state index in [-0.39, 0.29) is 24.5 Å². The fourth-order valence-electron chi connectivity index (χ4n) is 2.52. The van der Waals surface area contributed by atoms with Gasteiger partial charge in [0.15, 0.2) is 13.1 Å². The van der Waals surface area contributed by atoms with E-state index in [4.69, 9.17) is 0 Å². The molecule has 1 atom stereocenters. The summed E-state index contributed by atoms with van der Waals surface area (Å²) in [7, 11) is 1.55. The number of aryl methyl sites for hydroxylation is 1. The van der Waals surface area contributed by atoms with E-state index in [0.717, 1.165) is 12.1 Å². The molecule has 2 amide bonds. The highest BCUT2D eigenvalue weighted by Gasteiger charge is 2.33. The Morgan fingerprint density at radius 3 is 2.21 bits per heavy atom. The maximum Gasteiger partial charge on any atom is 0.418 e. The van der Waals surface area contributed by atoms with E-state index in [0.29, 0.717) is 10.5 Å². The molecule has 0 aliphatic heterocycles. The van der Waals surface area contributed by atoms with Gasteiger partial charge in [-0.2, -0.15) is 13.2 Å². The van der Waals surface area contributed by atoms with Crippen LogP contribution in [0.5, 0.6) is 0 Å². The Hall–Kier alpha value is -2.94. The lowest BCUT2D eigenvalue weighted by Gasteiger charge is -2.16. The fourth-order valence-corrected chi connectivity index (χ4v) is 2.52. The number of hydrogen-bond acceptors (Lipinski definition) is 2. The predicted molar refractivity (Wildman–Crippen MR) is 96.5 cm³/mol. The predicted octanol–water partition coefficient (Wildman–Crippen LogP) is 2.24. The van der Waals surface area contributed by atoms with Gasteiger partial charge in [-0.05, 0) is 36.8 Å². The van der Waals surface area contributed by atoms with Crippen LogP contribution in [0.1, 0.15) is 11.1 Å². The summed E-state index contributed by atoms with van der Waals surface area (Å²) in [6, 6.07) is 8.90. The third-order valence-corrected chi connectivity index (χ3v) is 3.89. The number of nitrogens with one attached hydrogen (secondary N) is 3. The molecular weight excluding hydrogens is 378 g/mol. The van der Waals surface area contributed by atoms with Crippen LogP contribution in [0.15, 0.2) is 42.5 Å². The number of carbonyl (C=O) groups excluding carboxylic acids is 2. The Balaban J connectivity index is 1.90. The van der Waals surface area contributed by atoms with Gasteiger partial charge in [0.2, 0.25) is 0 Å². The van der Waals surface area contributed by atoms with Gasteiger partial charge in [0.25, 0.3) is 11.8 Å². The molecule has 0 fully saturated rings. The van der Waals surface area contributed by atoms with Gasteiger partial charge >= 0.3 is 6.18 Å². The maximum absolute atomic E-state index is 13.5. The second-order valence-electron chi connectivity index (χ2n) is 6.41. The van der Waals surface area contributed by atoms with Gasteiger partial charge in [-0.25, -0.2) is 4.39 Å². The van der Waals surface area contributed by atoms with Crippen LogP contribution in [0.3, 0.4) is 0 Å². The van der Waals surface area contributed by atoms with Crippen molar-refractivity contribution >= 4 is 23.2 Å². The summed E-state index contributed by atoms with van der Waals surface area (Å²) in [5.74, 6) is -1.58. The van der Waals surface area contributed by atoms with Gasteiger partial charge in [0, 0.05) is 5.69 Å². The van der Waals surface area contributed by atoms with Crippen molar-refractivity contribution in [3.8, 4) is 0 Å².